The highest BCUT2D eigenvalue weighted by atomic mass is 32.2. The molecule has 0 saturated carbocycles. The summed E-state index contributed by atoms with van der Waals surface area (Å²) in [5.41, 5.74) is 5.80. The second kappa shape index (κ2) is 15.3. The molecule has 31 heavy (non-hydrogen) atoms. The van der Waals surface area contributed by atoms with Gasteiger partial charge in [0.2, 0.25) is 17.7 Å². The van der Waals surface area contributed by atoms with Crippen molar-refractivity contribution < 1.29 is 29.4 Å². The second-order valence-electron chi connectivity index (χ2n) is 7.52. The van der Waals surface area contributed by atoms with Crippen LogP contribution in [0, 0.1) is 5.92 Å². The molecule has 5 unspecified atom stereocenters. The van der Waals surface area contributed by atoms with Crippen LogP contribution in [0.1, 0.15) is 33.6 Å². The molecule has 0 heterocycles. The molecule has 0 fully saturated rings. The molecule has 0 saturated heterocycles. The summed E-state index contributed by atoms with van der Waals surface area (Å²) in [4.78, 5) is 49.1. The summed E-state index contributed by atoms with van der Waals surface area (Å²) < 4.78 is 0. The fourth-order valence-electron chi connectivity index (χ4n) is 2.49. The summed E-state index contributed by atoms with van der Waals surface area (Å²) in [6, 6.07) is -4.27. The van der Waals surface area contributed by atoms with E-state index >= 15 is 0 Å². The standard InChI is InChI=1S/C19H36N4O6S2/c1-10(2)14(20)17(26)23-15(11(3)24)18(27)21-12(6-8-30-4)16(25)22-13(19(28)29)7-9-31-5/h10-15,24H,6-9,20H2,1-5H3,(H,21,27)(H,22,25)(H,23,26)(H,28,29). The van der Waals surface area contributed by atoms with E-state index in [2.05, 4.69) is 16.0 Å². The van der Waals surface area contributed by atoms with E-state index in [1.165, 1.54) is 30.4 Å². The SMILES string of the molecule is CSCCC(NC(=O)C(CCSC)NC(=O)C(NC(=O)C(N)C(C)C)C(C)O)C(=O)O. The van der Waals surface area contributed by atoms with Crippen molar-refractivity contribution >= 4 is 47.2 Å². The number of nitrogens with one attached hydrogen (secondary N) is 3. The molecule has 0 bridgehead atoms. The van der Waals surface area contributed by atoms with Crippen molar-refractivity contribution in [3.63, 3.8) is 0 Å². The number of aliphatic hydroxyl groups excluding tert-OH is 1. The number of nitrogens with two attached hydrogens (primary N) is 1. The molecular weight excluding hydrogens is 444 g/mol. The van der Waals surface area contributed by atoms with Gasteiger partial charge in [-0.2, -0.15) is 23.5 Å². The summed E-state index contributed by atoms with van der Waals surface area (Å²) in [6.07, 6.45) is 2.92. The number of aliphatic hydroxyl groups is 1. The number of hydrogen-bond acceptors (Lipinski definition) is 8. The molecule has 7 N–H and O–H groups in total. The quantitative estimate of drug-likeness (QED) is 0.179. The van der Waals surface area contributed by atoms with Gasteiger partial charge in [0.05, 0.1) is 12.1 Å². The fourth-order valence-corrected chi connectivity index (χ4v) is 3.43. The molecule has 180 valence electrons. The first-order chi connectivity index (χ1) is 14.5. The average Bonchev–Trinajstić information content (AvgIpc) is 2.70. The summed E-state index contributed by atoms with van der Waals surface area (Å²) in [5, 5.41) is 26.7. The number of rotatable bonds is 15. The summed E-state index contributed by atoms with van der Waals surface area (Å²) in [5.74, 6) is -2.23. The molecule has 0 radical (unpaired) electrons. The predicted molar refractivity (Wildman–Crippen MR) is 124 cm³/mol. The molecule has 10 nitrogen and oxygen atoms in total. The molecule has 0 spiro atoms. The van der Waals surface area contributed by atoms with Gasteiger partial charge in [-0.05, 0) is 49.7 Å². The van der Waals surface area contributed by atoms with Crippen molar-refractivity contribution in [3.05, 3.63) is 0 Å². The van der Waals surface area contributed by atoms with E-state index in [1.807, 2.05) is 12.5 Å². The third kappa shape index (κ3) is 11.1. The third-order valence-electron chi connectivity index (χ3n) is 4.55. The van der Waals surface area contributed by atoms with Crippen molar-refractivity contribution in [2.24, 2.45) is 11.7 Å². The lowest BCUT2D eigenvalue weighted by Gasteiger charge is -2.27. The zero-order valence-corrected chi connectivity index (χ0v) is 20.3. The van der Waals surface area contributed by atoms with E-state index in [-0.39, 0.29) is 18.8 Å². The van der Waals surface area contributed by atoms with E-state index < -0.39 is 54.0 Å². The van der Waals surface area contributed by atoms with Gasteiger partial charge < -0.3 is 31.9 Å². The number of amides is 3. The maximum absolute atomic E-state index is 12.7. The smallest absolute Gasteiger partial charge is 0.326 e. The molecule has 3 amide bonds. The first-order valence-electron chi connectivity index (χ1n) is 10.0. The number of carbonyl (C=O) groups excluding carboxylic acids is 3. The zero-order chi connectivity index (χ0) is 24.1. The van der Waals surface area contributed by atoms with Gasteiger partial charge in [0.1, 0.15) is 18.1 Å². The lowest BCUT2D eigenvalue weighted by Crippen LogP contribution is -2.60. The topological polar surface area (TPSA) is 171 Å². The lowest BCUT2D eigenvalue weighted by molar-refractivity contribution is -0.142. The Balaban J connectivity index is 5.35. The Hall–Kier alpha value is -1.50. The average molecular weight is 481 g/mol. The Morgan fingerprint density at radius 1 is 0.839 bits per heavy atom. The molecule has 5 atom stereocenters. The number of carbonyl (C=O) groups is 4. The summed E-state index contributed by atoms with van der Waals surface area (Å²) in [6.45, 7) is 4.84. The molecule has 0 aromatic heterocycles. The number of carboxylic acid groups (broad SMARTS) is 1. The summed E-state index contributed by atoms with van der Waals surface area (Å²) >= 11 is 2.92. The minimum Gasteiger partial charge on any atom is -0.480 e. The molecule has 0 aliphatic heterocycles. The minimum absolute atomic E-state index is 0.174. The summed E-state index contributed by atoms with van der Waals surface area (Å²) in [7, 11) is 0. The first kappa shape index (κ1) is 29.5. The Kier molecular flexibility index (Phi) is 14.6. The highest BCUT2D eigenvalue weighted by Gasteiger charge is 2.32. The van der Waals surface area contributed by atoms with Crippen LogP contribution in [-0.4, -0.2) is 88.2 Å². The minimum atomic E-state index is -1.31. The molecular formula is C19H36N4O6S2. The predicted octanol–water partition coefficient (Wildman–Crippen LogP) is -0.604. The van der Waals surface area contributed by atoms with Crippen LogP contribution in [-0.2, 0) is 19.2 Å². The third-order valence-corrected chi connectivity index (χ3v) is 5.84. The van der Waals surface area contributed by atoms with Crippen molar-refractivity contribution in [2.45, 2.75) is 63.9 Å². The molecule has 0 aromatic carbocycles. The van der Waals surface area contributed by atoms with E-state index in [9.17, 15) is 29.4 Å². The largest absolute Gasteiger partial charge is 0.480 e. The van der Waals surface area contributed by atoms with Gasteiger partial charge in [0.15, 0.2) is 0 Å². The van der Waals surface area contributed by atoms with Crippen LogP contribution in [0.3, 0.4) is 0 Å². The van der Waals surface area contributed by atoms with Crippen LogP contribution in [0.5, 0.6) is 0 Å². The van der Waals surface area contributed by atoms with Crippen LogP contribution in [0.2, 0.25) is 0 Å². The molecule has 0 aliphatic rings. The molecule has 0 aromatic rings. The van der Waals surface area contributed by atoms with Crippen molar-refractivity contribution in [1.82, 2.24) is 16.0 Å². The van der Waals surface area contributed by atoms with Gasteiger partial charge in [-0.3, -0.25) is 14.4 Å². The maximum Gasteiger partial charge on any atom is 0.326 e. The number of thioether (sulfide) groups is 2. The van der Waals surface area contributed by atoms with E-state index in [1.54, 1.807) is 13.8 Å². The van der Waals surface area contributed by atoms with Crippen LogP contribution < -0.4 is 21.7 Å². The van der Waals surface area contributed by atoms with Crippen molar-refractivity contribution in [1.29, 1.82) is 0 Å². The van der Waals surface area contributed by atoms with Gasteiger partial charge >= 0.3 is 5.97 Å². The normalized spacial score (nSPS) is 16.0. The van der Waals surface area contributed by atoms with Crippen molar-refractivity contribution in [2.75, 3.05) is 24.0 Å². The Labute approximate surface area is 192 Å². The van der Waals surface area contributed by atoms with Crippen molar-refractivity contribution in [3.8, 4) is 0 Å². The number of hydrogen-bond donors (Lipinski definition) is 6. The van der Waals surface area contributed by atoms with E-state index in [0.717, 1.165) is 0 Å². The highest BCUT2D eigenvalue weighted by Crippen LogP contribution is 2.07. The lowest BCUT2D eigenvalue weighted by atomic mass is 10.0. The molecule has 12 heteroatoms. The van der Waals surface area contributed by atoms with Gasteiger partial charge in [-0.25, -0.2) is 4.79 Å². The Morgan fingerprint density at radius 3 is 1.74 bits per heavy atom. The fraction of sp³-hybridized carbons (Fsp3) is 0.789. The Bertz CT molecular complexity index is 606. The van der Waals surface area contributed by atoms with Crippen LogP contribution in [0.4, 0.5) is 0 Å². The zero-order valence-electron chi connectivity index (χ0n) is 18.7. The number of aliphatic carboxylic acids is 1. The maximum atomic E-state index is 12.7. The Morgan fingerprint density at radius 2 is 1.32 bits per heavy atom. The first-order valence-corrected chi connectivity index (χ1v) is 12.8. The van der Waals surface area contributed by atoms with Crippen LogP contribution in [0.15, 0.2) is 0 Å². The molecule has 0 rings (SSSR count). The second-order valence-corrected chi connectivity index (χ2v) is 9.49. The highest BCUT2D eigenvalue weighted by molar-refractivity contribution is 7.98. The monoisotopic (exact) mass is 480 g/mol. The van der Waals surface area contributed by atoms with E-state index in [0.29, 0.717) is 11.5 Å². The van der Waals surface area contributed by atoms with E-state index in [4.69, 9.17) is 5.73 Å². The molecule has 0 aliphatic carbocycles. The van der Waals surface area contributed by atoms with Crippen LogP contribution in [0.25, 0.3) is 0 Å². The van der Waals surface area contributed by atoms with Gasteiger partial charge in [0, 0.05) is 0 Å². The van der Waals surface area contributed by atoms with Gasteiger partial charge in [0.25, 0.3) is 0 Å². The van der Waals surface area contributed by atoms with Crippen LogP contribution >= 0.6 is 23.5 Å². The van der Waals surface area contributed by atoms with Gasteiger partial charge in [-0.1, -0.05) is 13.8 Å². The number of carboxylic acids is 1. The van der Waals surface area contributed by atoms with Gasteiger partial charge in [-0.15, -0.1) is 0 Å².